The number of hydrogen-bond acceptors (Lipinski definition) is 2. The lowest BCUT2D eigenvalue weighted by Gasteiger charge is -2.26. The molecule has 104 valence electrons. The molecule has 1 unspecified atom stereocenters. The minimum atomic E-state index is -1.15. The molecule has 0 saturated carbocycles. The maximum absolute atomic E-state index is 11.8. The third-order valence-electron chi connectivity index (χ3n) is 3.30. The number of halogens is 2. The molecule has 0 aliphatic carbocycles. The lowest BCUT2D eigenvalue weighted by Crippen LogP contribution is -2.35. The number of aromatic nitrogens is 1. The van der Waals surface area contributed by atoms with E-state index in [1.165, 1.54) is 0 Å². The van der Waals surface area contributed by atoms with Gasteiger partial charge in [-0.3, -0.25) is 9.78 Å². The molecule has 3 nitrogen and oxygen atoms in total. The molecular weight excluding hydrogens is 297 g/mol. The Morgan fingerprint density at radius 1 is 1.25 bits per heavy atom. The number of rotatable bonds is 4. The Morgan fingerprint density at radius 3 is 2.50 bits per heavy atom. The molecule has 20 heavy (non-hydrogen) atoms. The van der Waals surface area contributed by atoms with Crippen LogP contribution in [-0.4, -0.2) is 16.1 Å². The number of hydrogen-bond donors (Lipinski definition) is 1. The van der Waals surface area contributed by atoms with E-state index in [4.69, 9.17) is 23.2 Å². The van der Waals surface area contributed by atoms with Crippen LogP contribution in [0.5, 0.6) is 0 Å². The van der Waals surface area contributed by atoms with Crippen molar-refractivity contribution in [3.05, 3.63) is 63.9 Å². The number of pyridine rings is 1. The van der Waals surface area contributed by atoms with Crippen LogP contribution < -0.4 is 0 Å². The Hall–Kier alpha value is -1.58. The van der Waals surface area contributed by atoms with Gasteiger partial charge in [-0.15, -0.1) is 0 Å². The minimum Gasteiger partial charge on any atom is -0.481 e. The lowest BCUT2D eigenvalue weighted by molar-refractivity contribution is -0.143. The molecule has 0 aliphatic heterocycles. The van der Waals surface area contributed by atoms with E-state index in [0.29, 0.717) is 22.0 Å². The van der Waals surface area contributed by atoms with Crippen molar-refractivity contribution in [2.24, 2.45) is 0 Å². The van der Waals surface area contributed by atoms with Crippen molar-refractivity contribution in [2.45, 2.75) is 18.8 Å². The fourth-order valence-corrected chi connectivity index (χ4v) is 2.61. The van der Waals surface area contributed by atoms with Crippen LogP contribution in [-0.2, 0) is 16.6 Å². The summed E-state index contributed by atoms with van der Waals surface area (Å²) >= 11 is 12.1. The summed E-state index contributed by atoms with van der Waals surface area (Å²) in [5, 5.41) is 10.5. The Bertz CT molecular complexity index is 631. The smallest absolute Gasteiger partial charge is 0.314 e. The van der Waals surface area contributed by atoms with Gasteiger partial charge in [0.15, 0.2) is 0 Å². The summed E-state index contributed by atoms with van der Waals surface area (Å²) in [7, 11) is 0. The SMILES string of the molecule is CC(Cc1ccncc1)(C(=O)O)c1cc(Cl)ccc1Cl. The molecule has 5 heteroatoms. The van der Waals surface area contributed by atoms with Crippen LogP contribution in [0, 0.1) is 0 Å². The summed E-state index contributed by atoms with van der Waals surface area (Å²) in [6.07, 6.45) is 3.58. The first kappa shape index (κ1) is 14.8. The van der Waals surface area contributed by atoms with E-state index in [2.05, 4.69) is 4.98 Å². The molecule has 2 aromatic rings. The second kappa shape index (κ2) is 5.81. The van der Waals surface area contributed by atoms with E-state index in [1.807, 2.05) is 0 Å². The Kier molecular flexibility index (Phi) is 4.31. The molecule has 0 aliphatic rings. The van der Waals surface area contributed by atoms with E-state index in [-0.39, 0.29) is 0 Å². The molecule has 0 fully saturated rings. The van der Waals surface area contributed by atoms with Crippen molar-refractivity contribution < 1.29 is 9.90 Å². The molecule has 0 spiro atoms. The van der Waals surface area contributed by atoms with Gasteiger partial charge in [-0.1, -0.05) is 23.2 Å². The average molecular weight is 310 g/mol. The molecule has 1 aromatic carbocycles. The number of benzene rings is 1. The van der Waals surface area contributed by atoms with Gasteiger partial charge in [0.2, 0.25) is 0 Å². The number of carbonyl (C=O) groups is 1. The van der Waals surface area contributed by atoms with Crippen LogP contribution >= 0.6 is 23.2 Å². The van der Waals surface area contributed by atoms with Crippen LogP contribution in [0.3, 0.4) is 0 Å². The fourth-order valence-electron chi connectivity index (χ4n) is 2.12. The van der Waals surface area contributed by atoms with E-state index >= 15 is 0 Å². The summed E-state index contributed by atoms with van der Waals surface area (Å²) in [4.78, 5) is 15.7. The summed E-state index contributed by atoms with van der Waals surface area (Å²) in [5.41, 5.74) is 0.237. The van der Waals surface area contributed by atoms with E-state index in [1.54, 1.807) is 49.6 Å². The number of carboxylic acids is 1. The zero-order chi connectivity index (χ0) is 14.8. The van der Waals surface area contributed by atoms with Gasteiger partial charge in [0.1, 0.15) is 0 Å². The predicted molar refractivity (Wildman–Crippen MR) is 79.4 cm³/mol. The molecule has 0 saturated heterocycles. The monoisotopic (exact) mass is 309 g/mol. The summed E-state index contributed by atoms with van der Waals surface area (Å²) < 4.78 is 0. The zero-order valence-corrected chi connectivity index (χ0v) is 12.3. The molecule has 2 rings (SSSR count). The molecule has 1 N–H and O–H groups in total. The highest BCUT2D eigenvalue weighted by atomic mass is 35.5. The summed E-state index contributed by atoms with van der Waals surface area (Å²) in [5.74, 6) is -0.946. The molecule has 1 heterocycles. The van der Waals surface area contributed by atoms with Gasteiger partial charge >= 0.3 is 5.97 Å². The van der Waals surface area contributed by atoms with Crippen molar-refractivity contribution in [2.75, 3.05) is 0 Å². The lowest BCUT2D eigenvalue weighted by atomic mass is 9.77. The average Bonchev–Trinajstić information content (AvgIpc) is 2.42. The topological polar surface area (TPSA) is 50.2 Å². The van der Waals surface area contributed by atoms with Crippen molar-refractivity contribution >= 4 is 29.2 Å². The van der Waals surface area contributed by atoms with Crippen LogP contribution in [0.4, 0.5) is 0 Å². The summed E-state index contributed by atoms with van der Waals surface area (Å²) in [6.45, 7) is 1.65. The van der Waals surface area contributed by atoms with Crippen molar-refractivity contribution in [3.63, 3.8) is 0 Å². The maximum atomic E-state index is 11.8. The molecule has 1 aromatic heterocycles. The van der Waals surface area contributed by atoms with Crippen LogP contribution in [0.1, 0.15) is 18.1 Å². The van der Waals surface area contributed by atoms with Gasteiger partial charge in [-0.2, -0.15) is 0 Å². The summed E-state index contributed by atoms with van der Waals surface area (Å²) in [6, 6.07) is 8.45. The van der Waals surface area contributed by atoms with Gasteiger partial charge in [-0.05, 0) is 54.8 Å². The fraction of sp³-hybridized carbons (Fsp3) is 0.200. The van der Waals surface area contributed by atoms with Crippen molar-refractivity contribution in [1.29, 1.82) is 0 Å². The van der Waals surface area contributed by atoms with E-state index in [9.17, 15) is 9.90 Å². The van der Waals surface area contributed by atoms with Crippen molar-refractivity contribution in [3.8, 4) is 0 Å². The first-order chi connectivity index (χ1) is 9.43. The van der Waals surface area contributed by atoms with Gasteiger partial charge in [0, 0.05) is 22.4 Å². The largest absolute Gasteiger partial charge is 0.481 e. The molecular formula is C15H13Cl2NO2. The first-order valence-electron chi connectivity index (χ1n) is 6.01. The zero-order valence-electron chi connectivity index (χ0n) is 10.8. The van der Waals surface area contributed by atoms with Gasteiger partial charge in [0.05, 0.1) is 5.41 Å². The van der Waals surface area contributed by atoms with Crippen LogP contribution in [0.25, 0.3) is 0 Å². The molecule has 1 atom stereocenters. The molecule has 0 amide bonds. The second-order valence-corrected chi connectivity index (χ2v) is 5.64. The number of nitrogens with zero attached hydrogens (tertiary/aromatic N) is 1. The van der Waals surface area contributed by atoms with Gasteiger partial charge < -0.3 is 5.11 Å². The third-order valence-corrected chi connectivity index (χ3v) is 3.87. The Balaban J connectivity index is 2.49. The first-order valence-corrected chi connectivity index (χ1v) is 6.77. The van der Waals surface area contributed by atoms with Gasteiger partial charge in [0.25, 0.3) is 0 Å². The highest BCUT2D eigenvalue weighted by molar-refractivity contribution is 6.34. The predicted octanol–water partition coefficient (Wildman–Crippen LogP) is 3.97. The second-order valence-electron chi connectivity index (χ2n) is 4.79. The minimum absolute atomic E-state index is 0.310. The molecule has 0 bridgehead atoms. The standard InChI is InChI=1S/C15H13Cl2NO2/c1-15(14(19)20,9-10-4-6-18-7-5-10)12-8-11(16)2-3-13(12)17/h2-8H,9H2,1H3,(H,19,20). The molecule has 0 radical (unpaired) electrons. The van der Waals surface area contributed by atoms with Crippen LogP contribution in [0.2, 0.25) is 10.0 Å². The third kappa shape index (κ3) is 2.94. The van der Waals surface area contributed by atoms with Crippen molar-refractivity contribution in [1.82, 2.24) is 4.98 Å². The van der Waals surface area contributed by atoms with E-state index < -0.39 is 11.4 Å². The Labute approximate surface area is 127 Å². The number of aliphatic carboxylic acids is 1. The highest BCUT2D eigenvalue weighted by Gasteiger charge is 2.37. The number of carboxylic acid groups (broad SMARTS) is 1. The van der Waals surface area contributed by atoms with E-state index in [0.717, 1.165) is 5.56 Å². The highest BCUT2D eigenvalue weighted by Crippen LogP contribution is 2.35. The van der Waals surface area contributed by atoms with Crippen LogP contribution in [0.15, 0.2) is 42.7 Å². The maximum Gasteiger partial charge on any atom is 0.314 e. The Morgan fingerprint density at radius 2 is 1.90 bits per heavy atom. The quantitative estimate of drug-likeness (QED) is 0.929. The van der Waals surface area contributed by atoms with Gasteiger partial charge in [-0.25, -0.2) is 0 Å². The normalized spacial score (nSPS) is 13.8.